The molecule has 2 saturated heterocycles. The van der Waals surface area contributed by atoms with Crippen molar-refractivity contribution < 1.29 is 18.0 Å². The molecule has 3 rings (SSSR count). The molecule has 8 heteroatoms. The molecule has 1 amide bonds. The fourth-order valence-electron chi connectivity index (χ4n) is 3.94. The Hall–Kier alpha value is -1.47. The Bertz CT molecular complexity index is 609. The van der Waals surface area contributed by atoms with Crippen LogP contribution in [0.2, 0.25) is 5.02 Å². The molecule has 1 N–H and O–H groups in total. The standard InChI is InChI=1S/C18H23ClF3N3O/c19-13-3-5-14(6-4-13)24-11-15-7-8-16(12-24)25(15)10-2-1-9-23-17(26)18(20,21)22/h3-6,15-16H,1-2,7-12H2,(H,23,26). The topological polar surface area (TPSA) is 35.6 Å². The van der Waals surface area contributed by atoms with Gasteiger partial charge >= 0.3 is 12.1 Å². The number of carbonyl (C=O) groups is 1. The maximum absolute atomic E-state index is 12.1. The maximum Gasteiger partial charge on any atom is 0.471 e. The van der Waals surface area contributed by atoms with Crippen LogP contribution in [0, 0.1) is 0 Å². The van der Waals surface area contributed by atoms with Crippen LogP contribution in [0.25, 0.3) is 0 Å². The molecule has 2 bridgehead atoms. The second-order valence-electron chi connectivity index (χ2n) is 6.96. The van der Waals surface area contributed by atoms with Gasteiger partial charge in [-0.3, -0.25) is 9.69 Å². The van der Waals surface area contributed by atoms with E-state index in [-0.39, 0.29) is 6.54 Å². The van der Waals surface area contributed by atoms with E-state index in [4.69, 9.17) is 11.6 Å². The molecule has 1 aromatic rings. The number of rotatable bonds is 6. The van der Waals surface area contributed by atoms with Gasteiger partial charge in [-0.1, -0.05) is 11.6 Å². The number of nitrogens with one attached hydrogen (secondary N) is 1. The van der Waals surface area contributed by atoms with E-state index in [1.165, 1.54) is 5.69 Å². The van der Waals surface area contributed by atoms with Crippen LogP contribution in [-0.2, 0) is 4.79 Å². The molecule has 0 aromatic heterocycles. The third kappa shape index (κ3) is 4.62. The summed E-state index contributed by atoms with van der Waals surface area (Å²) in [5, 5.41) is 2.66. The highest BCUT2D eigenvalue weighted by Crippen LogP contribution is 2.33. The second kappa shape index (κ2) is 8.05. The van der Waals surface area contributed by atoms with Crippen LogP contribution < -0.4 is 10.2 Å². The van der Waals surface area contributed by atoms with Crippen molar-refractivity contribution in [1.82, 2.24) is 10.2 Å². The first-order valence-corrected chi connectivity index (χ1v) is 9.33. The van der Waals surface area contributed by atoms with E-state index < -0.39 is 12.1 Å². The summed E-state index contributed by atoms with van der Waals surface area (Å²) in [7, 11) is 0. The summed E-state index contributed by atoms with van der Waals surface area (Å²) in [6.07, 6.45) is -1.15. The lowest BCUT2D eigenvalue weighted by atomic mass is 10.1. The molecule has 144 valence electrons. The van der Waals surface area contributed by atoms with E-state index in [0.717, 1.165) is 43.9 Å². The molecule has 0 aliphatic carbocycles. The summed E-state index contributed by atoms with van der Waals surface area (Å²) in [4.78, 5) is 15.6. The van der Waals surface area contributed by atoms with Crippen LogP contribution in [0.5, 0.6) is 0 Å². The lowest BCUT2D eigenvalue weighted by Gasteiger charge is -2.42. The van der Waals surface area contributed by atoms with Crippen molar-refractivity contribution in [1.29, 1.82) is 0 Å². The van der Waals surface area contributed by atoms with E-state index in [9.17, 15) is 18.0 Å². The SMILES string of the molecule is O=C(NCCCCN1C2CCC1CN(c1ccc(Cl)cc1)C2)C(F)(F)F. The number of piperazine rings is 1. The molecule has 2 unspecified atom stereocenters. The third-order valence-corrected chi connectivity index (χ3v) is 5.46. The van der Waals surface area contributed by atoms with Crippen molar-refractivity contribution >= 4 is 23.2 Å². The fourth-order valence-corrected chi connectivity index (χ4v) is 4.07. The van der Waals surface area contributed by atoms with E-state index in [0.29, 0.717) is 18.5 Å². The Morgan fingerprint density at radius 3 is 2.31 bits per heavy atom. The van der Waals surface area contributed by atoms with Gasteiger partial charge in [0.25, 0.3) is 0 Å². The van der Waals surface area contributed by atoms with Gasteiger partial charge in [0.05, 0.1) is 0 Å². The first-order valence-electron chi connectivity index (χ1n) is 8.96. The van der Waals surface area contributed by atoms with Gasteiger partial charge in [-0.15, -0.1) is 0 Å². The number of unbranched alkanes of at least 4 members (excludes halogenated alkanes) is 1. The van der Waals surface area contributed by atoms with Crippen molar-refractivity contribution in [2.75, 3.05) is 31.1 Å². The Morgan fingerprint density at radius 1 is 1.12 bits per heavy atom. The molecule has 2 aliphatic rings. The van der Waals surface area contributed by atoms with Gasteiger partial charge in [0.15, 0.2) is 0 Å². The van der Waals surface area contributed by atoms with Gasteiger partial charge in [-0.25, -0.2) is 0 Å². The Morgan fingerprint density at radius 2 is 1.73 bits per heavy atom. The summed E-state index contributed by atoms with van der Waals surface area (Å²) in [6, 6.07) is 8.85. The number of nitrogens with zero attached hydrogens (tertiary/aromatic N) is 2. The fraction of sp³-hybridized carbons (Fsp3) is 0.611. The van der Waals surface area contributed by atoms with E-state index >= 15 is 0 Å². The summed E-state index contributed by atoms with van der Waals surface area (Å²) >= 11 is 5.96. The van der Waals surface area contributed by atoms with Gasteiger partial charge in [-0.05, 0) is 56.5 Å². The number of alkyl halides is 3. The largest absolute Gasteiger partial charge is 0.471 e. The average molecular weight is 390 g/mol. The van der Waals surface area contributed by atoms with Gasteiger partial charge in [-0.2, -0.15) is 13.2 Å². The zero-order valence-corrected chi connectivity index (χ0v) is 15.2. The van der Waals surface area contributed by atoms with E-state index in [1.54, 1.807) is 0 Å². The Balaban J connectivity index is 1.43. The molecule has 4 nitrogen and oxygen atoms in total. The molecule has 26 heavy (non-hydrogen) atoms. The highest BCUT2D eigenvalue weighted by Gasteiger charge is 2.40. The Kier molecular flexibility index (Phi) is 5.97. The monoisotopic (exact) mass is 389 g/mol. The number of halogens is 4. The number of hydrogen-bond donors (Lipinski definition) is 1. The van der Waals surface area contributed by atoms with Gasteiger partial charge in [0.1, 0.15) is 0 Å². The molecule has 2 fully saturated rings. The van der Waals surface area contributed by atoms with Crippen LogP contribution in [0.3, 0.4) is 0 Å². The minimum atomic E-state index is -4.79. The lowest BCUT2D eigenvalue weighted by Crippen LogP contribution is -2.54. The van der Waals surface area contributed by atoms with Crippen LogP contribution in [0.15, 0.2) is 24.3 Å². The highest BCUT2D eigenvalue weighted by atomic mass is 35.5. The lowest BCUT2D eigenvalue weighted by molar-refractivity contribution is -0.173. The average Bonchev–Trinajstić information content (AvgIpc) is 2.82. The van der Waals surface area contributed by atoms with Crippen molar-refractivity contribution in [3.63, 3.8) is 0 Å². The summed E-state index contributed by atoms with van der Waals surface area (Å²) in [5.74, 6) is -1.85. The molecular formula is C18H23ClF3N3O. The first-order chi connectivity index (χ1) is 12.3. The highest BCUT2D eigenvalue weighted by molar-refractivity contribution is 6.30. The van der Waals surface area contributed by atoms with Gasteiger partial charge in [0.2, 0.25) is 0 Å². The van der Waals surface area contributed by atoms with Crippen LogP contribution in [0.1, 0.15) is 25.7 Å². The van der Waals surface area contributed by atoms with Gasteiger partial charge < -0.3 is 10.2 Å². The summed E-state index contributed by atoms with van der Waals surface area (Å²) < 4.78 is 36.4. The number of fused-ring (bicyclic) bond motifs is 2. The maximum atomic E-state index is 12.1. The van der Waals surface area contributed by atoms with Crippen LogP contribution >= 0.6 is 11.6 Å². The van der Waals surface area contributed by atoms with Crippen molar-refractivity contribution in [2.45, 2.75) is 43.9 Å². The number of anilines is 1. The minimum absolute atomic E-state index is 0.0679. The molecule has 2 aliphatic heterocycles. The van der Waals surface area contributed by atoms with E-state index in [2.05, 4.69) is 9.80 Å². The smallest absolute Gasteiger partial charge is 0.368 e. The van der Waals surface area contributed by atoms with Crippen molar-refractivity contribution in [3.8, 4) is 0 Å². The van der Waals surface area contributed by atoms with Crippen LogP contribution in [-0.4, -0.2) is 55.2 Å². The zero-order chi connectivity index (χ0) is 18.7. The van der Waals surface area contributed by atoms with Crippen LogP contribution in [0.4, 0.5) is 18.9 Å². The normalized spacial score (nSPS) is 23.3. The molecule has 2 heterocycles. The minimum Gasteiger partial charge on any atom is -0.368 e. The molecule has 2 atom stereocenters. The molecular weight excluding hydrogens is 367 g/mol. The second-order valence-corrected chi connectivity index (χ2v) is 7.40. The molecule has 0 saturated carbocycles. The third-order valence-electron chi connectivity index (χ3n) is 5.21. The zero-order valence-electron chi connectivity index (χ0n) is 14.4. The van der Waals surface area contributed by atoms with Crippen molar-refractivity contribution in [3.05, 3.63) is 29.3 Å². The summed E-state index contributed by atoms with van der Waals surface area (Å²) in [5.41, 5.74) is 1.18. The quantitative estimate of drug-likeness (QED) is 0.757. The van der Waals surface area contributed by atoms with Crippen molar-refractivity contribution in [2.24, 2.45) is 0 Å². The predicted molar refractivity (Wildman–Crippen MR) is 95.5 cm³/mol. The predicted octanol–water partition coefficient (Wildman–Crippen LogP) is 3.45. The summed E-state index contributed by atoms with van der Waals surface area (Å²) in [6.45, 7) is 2.86. The Labute approximate surface area is 156 Å². The molecule has 0 spiro atoms. The first kappa shape index (κ1) is 19.3. The molecule has 0 radical (unpaired) electrons. The number of amides is 1. The number of hydrogen-bond acceptors (Lipinski definition) is 3. The van der Waals surface area contributed by atoms with E-state index in [1.807, 2.05) is 29.6 Å². The van der Waals surface area contributed by atoms with Gasteiger partial charge in [0, 0.05) is 42.4 Å². The molecule has 1 aromatic carbocycles. The number of carbonyl (C=O) groups excluding carboxylic acids is 1. The number of benzene rings is 1.